The average molecular weight is 259 g/mol. The van der Waals surface area contributed by atoms with Gasteiger partial charge in [-0.15, -0.1) is 11.8 Å². The standard InChI is InChI=1S/C14H17N3S/c1-14(2,15)13-16-9-8-12(17-13)10-4-6-11(18-3)7-5-10/h4-9H,15H2,1-3H3. The Morgan fingerprint density at radius 2 is 1.78 bits per heavy atom. The van der Waals surface area contributed by atoms with Gasteiger partial charge in [0, 0.05) is 16.7 Å². The Kier molecular flexibility index (Phi) is 3.68. The lowest BCUT2D eigenvalue weighted by molar-refractivity contribution is 0.514. The molecule has 3 nitrogen and oxygen atoms in total. The second-order valence-corrected chi connectivity index (χ2v) is 5.60. The minimum Gasteiger partial charge on any atom is -0.319 e. The van der Waals surface area contributed by atoms with E-state index in [0.717, 1.165) is 11.3 Å². The number of rotatable bonds is 3. The Bertz CT molecular complexity index is 529. The summed E-state index contributed by atoms with van der Waals surface area (Å²) in [4.78, 5) is 10.00. The van der Waals surface area contributed by atoms with E-state index in [0.29, 0.717) is 5.82 Å². The zero-order valence-electron chi connectivity index (χ0n) is 10.8. The molecule has 1 aromatic heterocycles. The van der Waals surface area contributed by atoms with E-state index in [1.54, 1.807) is 18.0 Å². The van der Waals surface area contributed by atoms with E-state index in [1.165, 1.54) is 4.90 Å². The van der Waals surface area contributed by atoms with Gasteiger partial charge in [-0.05, 0) is 38.3 Å². The van der Waals surface area contributed by atoms with E-state index in [1.807, 2.05) is 19.9 Å². The van der Waals surface area contributed by atoms with Crippen LogP contribution in [0.1, 0.15) is 19.7 Å². The van der Waals surface area contributed by atoms with Gasteiger partial charge in [-0.1, -0.05) is 12.1 Å². The average Bonchev–Trinajstić information content (AvgIpc) is 2.38. The van der Waals surface area contributed by atoms with Crippen LogP contribution in [0.25, 0.3) is 11.3 Å². The number of thioether (sulfide) groups is 1. The van der Waals surface area contributed by atoms with E-state index in [9.17, 15) is 0 Å². The second-order valence-electron chi connectivity index (χ2n) is 4.72. The fourth-order valence-electron chi connectivity index (χ4n) is 1.59. The van der Waals surface area contributed by atoms with Crippen LogP contribution in [0, 0.1) is 0 Å². The fraction of sp³-hybridized carbons (Fsp3) is 0.286. The molecule has 18 heavy (non-hydrogen) atoms. The number of aromatic nitrogens is 2. The maximum absolute atomic E-state index is 6.02. The van der Waals surface area contributed by atoms with Crippen molar-refractivity contribution in [1.82, 2.24) is 9.97 Å². The summed E-state index contributed by atoms with van der Waals surface area (Å²) in [6.07, 6.45) is 3.82. The quantitative estimate of drug-likeness (QED) is 0.861. The lowest BCUT2D eigenvalue weighted by atomic mass is 10.1. The molecular weight excluding hydrogens is 242 g/mol. The molecule has 0 aliphatic heterocycles. The highest BCUT2D eigenvalue weighted by Crippen LogP contribution is 2.22. The molecule has 2 rings (SSSR count). The molecule has 0 fully saturated rings. The normalized spacial score (nSPS) is 11.6. The number of nitrogens with zero attached hydrogens (tertiary/aromatic N) is 2. The van der Waals surface area contributed by atoms with Crippen LogP contribution in [0.4, 0.5) is 0 Å². The largest absolute Gasteiger partial charge is 0.319 e. The Morgan fingerprint density at radius 1 is 1.11 bits per heavy atom. The van der Waals surface area contributed by atoms with Gasteiger partial charge in [0.25, 0.3) is 0 Å². The van der Waals surface area contributed by atoms with Gasteiger partial charge in [-0.2, -0.15) is 0 Å². The first kappa shape index (κ1) is 13.1. The lowest BCUT2D eigenvalue weighted by Crippen LogP contribution is -2.31. The number of benzene rings is 1. The van der Waals surface area contributed by atoms with Gasteiger partial charge in [0.2, 0.25) is 0 Å². The molecule has 2 aromatic rings. The molecule has 4 heteroatoms. The Labute approximate surface area is 112 Å². The smallest absolute Gasteiger partial charge is 0.148 e. The van der Waals surface area contributed by atoms with E-state index in [-0.39, 0.29) is 0 Å². The van der Waals surface area contributed by atoms with E-state index in [2.05, 4.69) is 40.5 Å². The van der Waals surface area contributed by atoms with Crippen molar-refractivity contribution in [3.05, 3.63) is 42.4 Å². The highest BCUT2D eigenvalue weighted by Gasteiger charge is 2.18. The molecular formula is C14H17N3S. The number of nitrogens with two attached hydrogens (primary N) is 1. The summed E-state index contributed by atoms with van der Waals surface area (Å²) in [5, 5.41) is 0. The predicted octanol–water partition coefficient (Wildman–Crippen LogP) is 3.06. The third kappa shape index (κ3) is 2.89. The fourth-order valence-corrected chi connectivity index (χ4v) is 2.00. The molecule has 0 spiro atoms. The van der Waals surface area contributed by atoms with Gasteiger partial charge < -0.3 is 5.73 Å². The summed E-state index contributed by atoms with van der Waals surface area (Å²) in [5.74, 6) is 0.661. The van der Waals surface area contributed by atoms with Crippen molar-refractivity contribution < 1.29 is 0 Å². The van der Waals surface area contributed by atoms with Crippen LogP contribution in [-0.4, -0.2) is 16.2 Å². The number of hydrogen-bond donors (Lipinski definition) is 1. The van der Waals surface area contributed by atoms with Crippen LogP contribution in [0.2, 0.25) is 0 Å². The topological polar surface area (TPSA) is 51.8 Å². The summed E-state index contributed by atoms with van der Waals surface area (Å²) in [7, 11) is 0. The van der Waals surface area contributed by atoms with E-state index < -0.39 is 5.54 Å². The molecule has 0 saturated carbocycles. The van der Waals surface area contributed by atoms with Gasteiger partial charge in [0.05, 0.1) is 11.2 Å². The second kappa shape index (κ2) is 5.08. The van der Waals surface area contributed by atoms with Crippen molar-refractivity contribution in [2.24, 2.45) is 5.73 Å². The van der Waals surface area contributed by atoms with Crippen molar-refractivity contribution >= 4 is 11.8 Å². The van der Waals surface area contributed by atoms with Crippen molar-refractivity contribution in [2.45, 2.75) is 24.3 Å². The minimum absolute atomic E-state index is 0.519. The molecule has 1 heterocycles. The van der Waals surface area contributed by atoms with E-state index in [4.69, 9.17) is 5.73 Å². The first-order valence-corrected chi connectivity index (χ1v) is 7.00. The molecule has 0 bridgehead atoms. The maximum Gasteiger partial charge on any atom is 0.148 e. The summed E-state index contributed by atoms with van der Waals surface area (Å²) in [6.45, 7) is 3.81. The maximum atomic E-state index is 6.02. The summed E-state index contributed by atoms with van der Waals surface area (Å²) in [6, 6.07) is 10.2. The van der Waals surface area contributed by atoms with Crippen molar-refractivity contribution in [1.29, 1.82) is 0 Å². The monoisotopic (exact) mass is 259 g/mol. The van der Waals surface area contributed by atoms with E-state index >= 15 is 0 Å². The molecule has 0 aliphatic carbocycles. The first-order valence-electron chi connectivity index (χ1n) is 5.77. The molecule has 0 saturated heterocycles. The van der Waals surface area contributed by atoms with Crippen LogP contribution in [0.5, 0.6) is 0 Å². The number of hydrogen-bond acceptors (Lipinski definition) is 4. The summed E-state index contributed by atoms with van der Waals surface area (Å²) >= 11 is 1.73. The van der Waals surface area contributed by atoms with Crippen molar-refractivity contribution in [3.63, 3.8) is 0 Å². The van der Waals surface area contributed by atoms with Gasteiger partial charge in [-0.3, -0.25) is 0 Å². The Morgan fingerprint density at radius 3 is 2.33 bits per heavy atom. The zero-order valence-corrected chi connectivity index (χ0v) is 11.7. The molecule has 0 unspecified atom stereocenters. The van der Waals surface area contributed by atoms with Gasteiger partial charge in [0.15, 0.2) is 0 Å². The molecule has 1 aromatic carbocycles. The first-order chi connectivity index (χ1) is 8.50. The highest BCUT2D eigenvalue weighted by molar-refractivity contribution is 7.98. The van der Waals surface area contributed by atoms with Crippen LogP contribution >= 0.6 is 11.8 Å². The van der Waals surface area contributed by atoms with Crippen molar-refractivity contribution in [2.75, 3.05) is 6.26 Å². The predicted molar refractivity (Wildman–Crippen MR) is 76.5 cm³/mol. The zero-order chi connectivity index (χ0) is 13.2. The summed E-state index contributed by atoms with van der Waals surface area (Å²) < 4.78 is 0. The Hall–Kier alpha value is -1.39. The van der Waals surface area contributed by atoms with Crippen LogP contribution in [0.3, 0.4) is 0 Å². The molecule has 0 amide bonds. The molecule has 0 atom stereocenters. The van der Waals surface area contributed by atoms with Crippen molar-refractivity contribution in [3.8, 4) is 11.3 Å². The SMILES string of the molecule is CSc1ccc(-c2ccnc(C(C)(C)N)n2)cc1. The van der Waals surface area contributed by atoms with Crippen LogP contribution in [0.15, 0.2) is 41.4 Å². The lowest BCUT2D eigenvalue weighted by Gasteiger charge is -2.17. The molecule has 0 aliphatic rings. The minimum atomic E-state index is -0.519. The van der Waals surface area contributed by atoms with Gasteiger partial charge in [-0.25, -0.2) is 9.97 Å². The Balaban J connectivity index is 2.38. The molecule has 0 radical (unpaired) electrons. The molecule has 2 N–H and O–H groups in total. The third-order valence-corrected chi connectivity index (χ3v) is 3.36. The van der Waals surface area contributed by atoms with Gasteiger partial charge in [0.1, 0.15) is 5.82 Å². The summed E-state index contributed by atoms with van der Waals surface area (Å²) in [5.41, 5.74) is 7.49. The van der Waals surface area contributed by atoms with Crippen LogP contribution in [-0.2, 0) is 5.54 Å². The molecule has 94 valence electrons. The third-order valence-electron chi connectivity index (χ3n) is 2.62. The highest BCUT2D eigenvalue weighted by atomic mass is 32.2. The van der Waals surface area contributed by atoms with Crippen LogP contribution < -0.4 is 5.73 Å². The van der Waals surface area contributed by atoms with Gasteiger partial charge >= 0.3 is 0 Å².